The van der Waals surface area contributed by atoms with Crippen molar-refractivity contribution in [2.45, 2.75) is 63.3 Å². The molecule has 0 bridgehead atoms. The highest BCUT2D eigenvalue weighted by molar-refractivity contribution is 5.89. The van der Waals surface area contributed by atoms with Crippen molar-refractivity contribution in [2.24, 2.45) is 11.7 Å². The molecule has 1 aromatic rings. The van der Waals surface area contributed by atoms with E-state index in [4.69, 9.17) is 10.5 Å². The number of nitrogens with two attached hydrogens (primary N) is 1. The number of methoxy groups -OCH3 is 1. The van der Waals surface area contributed by atoms with Crippen LogP contribution in [0.4, 0.5) is 0 Å². The van der Waals surface area contributed by atoms with Gasteiger partial charge in [0.2, 0.25) is 0 Å². The lowest BCUT2D eigenvalue weighted by molar-refractivity contribution is -0.141. The Morgan fingerprint density at radius 1 is 1.18 bits per heavy atom. The minimum atomic E-state index is -0.443. The molecule has 1 aromatic heterocycles. The fourth-order valence-corrected chi connectivity index (χ4v) is 4.33. The van der Waals surface area contributed by atoms with Crippen LogP contribution in [0.25, 0.3) is 0 Å². The Balaban J connectivity index is 0.00000196. The number of nitrogens with zero attached hydrogens (tertiary/aromatic N) is 2. The molecule has 1 saturated heterocycles. The van der Waals surface area contributed by atoms with Gasteiger partial charge in [0, 0.05) is 24.6 Å². The number of carbonyl (C=O) groups excluding carboxylic acids is 2. The van der Waals surface area contributed by atoms with Gasteiger partial charge in [-0.15, -0.1) is 24.8 Å². The lowest BCUT2D eigenvalue weighted by Crippen LogP contribution is -2.31. The third-order valence-corrected chi connectivity index (χ3v) is 5.92. The Labute approximate surface area is 179 Å². The van der Waals surface area contributed by atoms with Gasteiger partial charge in [0.05, 0.1) is 12.8 Å². The second kappa shape index (κ2) is 11.6. The largest absolute Gasteiger partial charge is 0.469 e. The highest BCUT2D eigenvalue weighted by atomic mass is 35.5. The SMILES string of the molecule is COC(=O)CC[C@H]1CC[C@H](c2cn(C3CCNCC3)c(C(N)=O)n2)CC1.Cl.Cl. The van der Waals surface area contributed by atoms with Gasteiger partial charge in [-0.3, -0.25) is 9.59 Å². The number of rotatable bonds is 6. The highest BCUT2D eigenvalue weighted by Gasteiger charge is 2.28. The lowest BCUT2D eigenvalue weighted by atomic mass is 9.79. The monoisotopic (exact) mass is 434 g/mol. The molecule has 3 rings (SSSR count). The second-order valence-electron chi connectivity index (χ2n) is 7.57. The van der Waals surface area contributed by atoms with Crippen molar-refractivity contribution in [3.63, 3.8) is 0 Å². The van der Waals surface area contributed by atoms with Crippen molar-refractivity contribution in [3.05, 3.63) is 17.7 Å². The van der Waals surface area contributed by atoms with Gasteiger partial charge in [-0.05, 0) is 64.0 Å². The van der Waals surface area contributed by atoms with Crippen molar-refractivity contribution < 1.29 is 14.3 Å². The molecule has 2 aliphatic rings. The maximum atomic E-state index is 11.9. The second-order valence-corrected chi connectivity index (χ2v) is 7.57. The van der Waals surface area contributed by atoms with E-state index >= 15 is 0 Å². The van der Waals surface area contributed by atoms with Gasteiger partial charge in [-0.2, -0.15) is 0 Å². The number of aromatic nitrogens is 2. The van der Waals surface area contributed by atoms with E-state index in [0.717, 1.165) is 63.7 Å². The molecule has 1 saturated carbocycles. The van der Waals surface area contributed by atoms with Crippen LogP contribution in [-0.4, -0.2) is 41.6 Å². The molecular formula is C19H32Cl2N4O3. The number of ether oxygens (including phenoxy) is 1. The molecule has 0 aromatic carbocycles. The zero-order chi connectivity index (χ0) is 18.5. The van der Waals surface area contributed by atoms with Crippen molar-refractivity contribution in [3.8, 4) is 0 Å². The number of imidazole rings is 1. The summed E-state index contributed by atoms with van der Waals surface area (Å²) in [5.41, 5.74) is 6.59. The quantitative estimate of drug-likeness (QED) is 0.670. The Morgan fingerprint density at radius 2 is 1.82 bits per heavy atom. The maximum absolute atomic E-state index is 11.9. The number of hydrogen-bond donors (Lipinski definition) is 2. The van der Waals surface area contributed by atoms with Gasteiger partial charge in [0.25, 0.3) is 5.91 Å². The van der Waals surface area contributed by atoms with E-state index in [9.17, 15) is 9.59 Å². The van der Waals surface area contributed by atoms with E-state index in [1.54, 1.807) is 0 Å². The first kappa shape index (κ1) is 24.7. The minimum absolute atomic E-state index is 0. The van der Waals surface area contributed by atoms with Crippen LogP contribution in [0, 0.1) is 5.92 Å². The summed E-state index contributed by atoms with van der Waals surface area (Å²) in [5, 5.41) is 3.35. The summed E-state index contributed by atoms with van der Waals surface area (Å²) >= 11 is 0. The van der Waals surface area contributed by atoms with Crippen LogP contribution in [0.5, 0.6) is 0 Å². The minimum Gasteiger partial charge on any atom is -0.469 e. The summed E-state index contributed by atoms with van der Waals surface area (Å²) in [4.78, 5) is 27.8. The summed E-state index contributed by atoms with van der Waals surface area (Å²) in [5.74, 6) is 0.790. The molecule has 1 aliphatic carbocycles. The average molecular weight is 435 g/mol. The molecule has 1 aliphatic heterocycles. The molecular weight excluding hydrogens is 403 g/mol. The van der Waals surface area contributed by atoms with Crippen LogP contribution in [0.2, 0.25) is 0 Å². The molecule has 2 heterocycles. The summed E-state index contributed by atoms with van der Waals surface area (Å²) in [6.45, 7) is 1.92. The van der Waals surface area contributed by atoms with Gasteiger partial charge in [-0.1, -0.05) is 0 Å². The van der Waals surface area contributed by atoms with Gasteiger partial charge < -0.3 is 20.4 Å². The number of halogens is 2. The molecule has 1 amide bonds. The summed E-state index contributed by atoms with van der Waals surface area (Å²) in [6.07, 6.45) is 9.74. The molecule has 0 atom stereocenters. The third kappa shape index (κ3) is 6.09. The van der Waals surface area contributed by atoms with E-state index in [0.29, 0.717) is 30.1 Å². The smallest absolute Gasteiger partial charge is 0.305 e. The van der Waals surface area contributed by atoms with Gasteiger partial charge >= 0.3 is 5.97 Å². The lowest BCUT2D eigenvalue weighted by Gasteiger charge is -2.27. The standard InChI is InChI=1S/C19H30N4O3.2ClH/c1-26-17(24)7-4-13-2-5-14(6-3-13)16-12-23(19(22-16)18(20)25)15-8-10-21-11-9-15;;/h12-15,21H,2-11H2,1H3,(H2,20,25);2*1H/t13-,14-;;. The fourth-order valence-electron chi connectivity index (χ4n) is 4.33. The zero-order valence-electron chi connectivity index (χ0n) is 16.4. The van der Waals surface area contributed by atoms with Crippen LogP contribution in [-0.2, 0) is 9.53 Å². The topological polar surface area (TPSA) is 99.2 Å². The summed E-state index contributed by atoms with van der Waals surface area (Å²) in [6, 6.07) is 0.302. The van der Waals surface area contributed by atoms with Crippen molar-refractivity contribution >= 4 is 36.7 Å². The van der Waals surface area contributed by atoms with Crippen LogP contribution >= 0.6 is 24.8 Å². The van der Waals surface area contributed by atoms with Crippen molar-refractivity contribution in [1.82, 2.24) is 14.9 Å². The molecule has 0 spiro atoms. The predicted octanol–water partition coefficient (Wildman–Crippen LogP) is 2.98. The van der Waals surface area contributed by atoms with E-state index in [-0.39, 0.29) is 30.8 Å². The maximum Gasteiger partial charge on any atom is 0.305 e. The Bertz CT molecular complexity index is 639. The number of primary amides is 1. The number of carbonyl (C=O) groups is 2. The molecule has 3 N–H and O–H groups in total. The average Bonchev–Trinajstić information content (AvgIpc) is 3.13. The first-order valence-electron chi connectivity index (χ1n) is 9.74. The third-order valence-electron chi connectivity index (χ3n) is 5.92. The van der Waals surface area contributed by atoms with E-state index in [2.05, 4.69) is 16.5 Å². The predicted molar refractivity (Wildman–Crippen MR) is 112 cm³/mol. The van der Waals surface area contributed by atoms with Gasteiger partial charge in [0.1, 0.15) is 0 Å². The summed E-state index contributed by atoms with van der Waals surface area (Å²) in [7, 11) is 1.44. The van der Waals surface area contributed by atoms with E-state index in [1.165, 1.54) is 7.11 Å². The van der Waals surface area contributed by atoms with Crippen LogP contribution in [0.1, 0.15) is 79.6 Å². The van der Waals surface area contributed by atoms with Crippen LogP contribution in [0.3, 0.4) is 0 Å². The molecule has 7 nitrogen and oxygen atoms in total. The molecule has 160 valence electrons. The van der Waals surface area contributed by atoms with Crippen LogP contribution in [0.15, 0.2) is 6.20 Å². The highest BCUT2D eigenvalue weighted by Crippen LogP contribution is 2.37. The first-order valence-corrected chi connectivity index (χ1v) is 9.74. The van der Waals surface area contributed by atoms with Crippen molar-refractivity contribution in [1.29, 1.82) is 0 Å². The fraction of sp³-hybridized carbons (Fsp3) is 0.737. The van der Waals surface area contributed by atoms with Gasteiger partial charge in [-0.25, -0.2) is 4.98 Å². The number of nitrogens with one attached hydrogen (secondary N) is 1. The van der Waals surface area contributed by atoms with E-state index in [1.807, 2.05) is 4.57 Å². The number of hydrogen-bond acceptors (Lipinski definition) is 5. The Morgan fingerprint density at radius 3 is 2.39 bits per heavy atom. The molecule has 28 heavy (non-hydrogen) atoms. The number of amides is 1. The molecule has 2 fully saturated rings. The Kier molecular flexibility index (Phi) is 10.3. The zero-order valence-corrected chi connectivity index (χ0v) is 18.0. The molecule has 0 radical (unpaired) electrons. The van der Waals surface area contributed by atoms with Crippen molar-refractivity contribution in [2.75, 3.05) is 20.2 Å². The molecule has 0 unspecified atom stereocenters. The normalized spacial score (nSPS) is 22.6. The Hall–Kier alpha value is -1.31. The number of esters is 1. The van der Waals surface area contributed by atoms with Gasteiger partial charge in [0.15, 0.2) is 5.82 Å². The molecule has 9 heteroatoms. The summed E-state index contributed by atoms with van der Waals surface area (Å²) < 4.78 is 6.74. The van der Waals surface area contributed by atoms with E-state index < -0.39 is 5.91 Å². The van der Waals surface area contributed by atoms with Crippen LogP contribution < -0.4 is 11.1 Å². The first-order chi connectivity index (χ1) is 12.6. The number of piperidine rings is 1.